The number of nitrogens with one attached hydrogen (secondary N) is 1. The molecule has 1 aliphatic heterocycles. The first-order valence-electron chi connectivity index (χ1n) is 8.40. The summed E-state index contributed by atoms with van der Waals surface area (Å²) in [4.78, 5) is 29.2. The molecule has 0 saturated carbocycles. The number of anilines is 1. The highest BCUT2D eigenvalue weighted by molar-refractivity contribution is 7.09. The SMILES string of the molecule is O=C(NCc1cccs1)[C@@H]1CN(C(=O)CO)CCN1c1ccc(Cl)c(Cl)c1. The van der Waals surface area contributed by atoms with Gasteiger partial charge in [-0.05, 0) is 29.6 Å². The Balaban J connectivity index is 1.80. The lowest BCUT2D eigenvalue weighted by Crippen LogP contribution is -2.60. The van der Waals surface area contributed by atoms with Crippen LogP contribution in [0.5, 0.6) is 0 Å². The quantitative estimate of drug-likeness (QED) is 0.767. The van der Waals surface area contributed by atoms with Gasteiger partial charge in [-0.25, -0.2) is 0 Å². The molecule has 1 aromatic carbocycles. The molecule has 144 valence electrons. The van der Waals surface area contributed by atoms with Crippen LogP contribution in [0.4, 0.5) is 5.69 Å². The van der Waals surface area contributed by atoms with Crippen molar-refractivity contribution in [3.8, 4) is 0 Å². The van der Waals surface area contributed by atoms with Gasteiger partial charge in [0.2, 0.25) is 11.8 Å². The summed E-state index contributed by atoms with van der Waals surface area (Å²) in [7, 11) is 0. The zero-order valence-corrected chi connectivity index (χ0v) is 16.7. The molecule has 1 atom stereocenters. The summed E-state index contributed by atoms with van der Waals surface area (Å²) >= 11 is 13.7. The molecule has 0 unspecified atom stereocenters. The van der Waals surface area contributed by atoms with E-state index in [0.29, 0.717) is 29.7 Å². The molecular weight excluding hydrogens is 409 g/mol. The van der Waals surface area contributed by atoms with Crippen molar-refractivity contribution in [3.05, 3.63) is 50.6 Å². The van der Waals surface area contributed by atoms with Crippen LogP contribution in [0, 0.1) is 0 Å². The molecule has 2 heterocycles. The Hall–Kier alpha value is -1.80. The maximum atomic E-state index is 12.9. The first-order valence-corrected chi connectivity index (χ1v) is 10.0. The van der Waals surface area contributed by atoms with Crippen LogP contribution in [-0.4, -0.2) is 54.1 Å². The normalized spacial score (nSPS) is 17.1. The maximum Gasteiger partial charge on any atom is 0.248 e. The van der Waals surface area contributed by atoms with Crippen LogP contribution in [0.1, 0.15) is 4.88 Å². The molecule has 3 rings (SSSR count). The summed E-state index contributed by atoms with van der Waals surface area (Å²) in [5, 5.41) is 14.9. The number of halogens is 2. The predicted octanol–water partition coefficient (Wildman–Crippen LogP) is 2.38. The van der Waals surface area contributed by atoms with Gasteiger partial charge in [0.1, 0.15) is 12.6 Å². The fraction of sp³-hybridized carbons (Fsp3) is 0.333. The van der Waals surface area contributed by atoms with Crippen LogP contribution in [0.3, 0.4) is 0 Å². The third-order valence-electron chi connectivity index (χ3n) is 4.42. The van der Waals surface area contributed by atoms with E-state index in [0.717, 1.165) is 10.6 Å². The van der Waals surface area contributed by atoms with Gasteiger partial charge in [0, 0.05) is 23.7 Å². The highest BCUT2D eigenvalue weighted by Gasteiger charge is 2.34. The Morgan fingerprint density at radius 2 is 2.04 bits per heavy atom. The van der Waals surface area contributed by atoms with Crippen LogP contribution < -0.4 is 10.2 Å². The second-order valence-electron chi connectivity index (χ2n) is 6.10. The van der Waals surface area contributed by atoms with Gasteiger partial charge < -0.3 is 20.2 Å². The van der Waals surface area contributed by atoms with E-state index < -0.39 is 12.6 Å². The van der Waals surface area contributed by atoms with Crippen LogP contribution >= 0.6 is 34.5 Å². The molecule has 2 amide bonds. The fourth-order valence-electron chi connectivity index (χ4n) is 3.01. The van der Waals surface area contributed by atoms with Crippen molar-refractivity contribution in [2.24, 2.45) is 0 Å². The Morgan fingerprint density at radius 1 is 1.22 bits per heavy atom. The molecular formula is C18H19Cl2N3O3S. The number of carbonyl (C=O) groups excluding carboxylic acids is 2. The first kappa shape index (κ1) is 19.9. The second kappa shape index (κ2) is 8.93. The van der Waals surface area contributed by atoms with Gasteiger partial charge >= 0.3 is 0 Å². The van der Waals surface area contributed by atoms with Gasteiger partial charge in [0.15, 0.2) is 0 Å². The summed E-state index contributed by atoms with van der Waals surface area (Å²) in [6, 6.07) is 8.49. The number of thiophene rings is 1. The van der Waals surface area contributed by atoms with Crippen LogP contribution in [0.2, 0.25) is 10.0 Å². The number of rotatable bonds is 5. The molecule has 0 spiro atoms. The van der Waals surface area contributed by atoms with Crippen molar-refractivity contribution in [1.29, 1.82) is 0 Å². The lowest BCUT2D eigenvalue weighted by Gasteiger charge is -2.41. The van der Waals surface area contributed by atoms with Crippen LogP contribution in [0.15, 0.2) is 35.7 Å². The van der Waals surface area contributed by atoms with Gasteiger partial charge in [0.25, 0.3) is 0 Å². The lowest BCUT2D eigenvalue weighted by atomic mass is 10.1. The number of benzene rings is 1. The smallest absolute Gasteiger partial charge is 0.248 e. The van der Waals surface area contributed by atoms with E-state index in [2.05, 4.69) is 5.32 Å². The predicted molar refractivity (Wildman–Crippen MR) is 107 cm³/mol. The molecule has 0 bridgehead atoms. The second-order valence-corrected chi connectivity index (χ2v) is 7.95. The minimum absolute atomic E-state index is 0.190. The van der Waals surface area contributed by atoms with E-state index in [9.17, 15) is 9.59 Å². The van der Waals surface area contributed by atoms with Crippen molar-refractivity contribution < 1.29 is 14.7 Å². The van der Waals surface area contributed by atoms with Gasteiger partial charge in [-0.1, -0.05) is 29.3 Å². The Labute approximate surface area is 171 Å². The number of carbonyl (C=O) groups is 2. The number of aliphatic hydroxyl groups is 1. The van der Waals surface area contributed by atoms with Gasteiger partial charge in [-0.2, -0.15) is 0 Å². The summed E-state index contributed by atoms with van der Waals surface area (Å²) in [5.41, 5.74) is 0.761. The van der Waals surface area contributed by atoms with Crippen molar-refractivity contribution >= 4 is 52.0 Å². The average molecular weight is 428 g/mol. The maximum absolute atomic E-state index is 12.9. The highest BCUT2D eigenvalue weighted by atomic mass is 35.5. The molecule has 1 aromatic heterocycles. The Morgan fingerprint density at radius 3 is 2.70 bits per heavy atom. The fourth-order valence-corrected chi connectivity index (χ4v) is 3.95. The van der Waals surface area contributed by atoms with Gasteiger partial charge in [-0.3, -0.25) is 9.59 Å². The molecule has 2 aromatic rings. The number of aliphatic hydroxyl groups excluding tert-OH is 1. The monoisotopic (exact) mass is 427 g/mol. The van der Waals surface area contributed by atoms with Crippen molar-refractivity contribution in [2.75, 3.05) is 31.1 Å². The number of piperazine rings is 1. The van der Waals surface area contributed by atoms with Crippen LogP contribution in [0.25, 0.3) is 0 Å². The summed E-state index contributed by atoms with van der Waals surface area (Å²) in [6.07, 6.45) is 0. The van der Waals surface area contributed by atoms with E-state index in [4.69, 9.17) is 28.3 Å². The van der Waals surface area contributed by atoms with Crippen molar-refractivity contribution in [1.82, 2.24) is 10.2 Å². The highest BCUT2D eigenvalue weighted by Crippen LogP contribution is 2.29. The molecule has 0 radical (unpaired) electrons. The first-order chi connectivity index (χ1) is 13.0. The molecule has 1 fully saturated rings. The molecule has 9 heteroatoms. The number of hydrogen-bond donors (Lipinski definition) is 2. The zero-order valence-electron chi connectivity index (χ0n) is 14.4. The molecule has 1 aliphatic rings. The summed E-state index contributed by atoms with van der Waals surface area (Å²) < 4.78 is 0. The van der Waals surface area contributed by atoms with E-state index in [1.54, 1.807) is 29.5 Å². The summed E-state index contributed by atoms with van der Waals surface area (Å²) in [6.45, 7) is 0.900. The van der Waals surface area contributed by atoms with Crippen molar-refractivity contribution in [2.45, 2.75) is 12.6 Å². The largest absolute Gasteiger partial charge is 0.387 e. The zero-order chi connectivity index (χ0) is 19.4. The Bertz CT molecular complexity index is 816. The number of hydrogen-bond acceptors (Lipinski definition) is 5. The minimum Gasteiger partial charge on any atom is -0.387 e. The molecule has 2 N–H and O–H groups in total. The van der Waals surface area contributed by atoms with Gasteiger partial charge in [-0.15, -0.1) is 11.3 Å². The van der Waals surface area contributed by atoms with E-state index in [-0.39, 0.29) is 18.4 Å². The number of nitrogens with zero attached hydrogens (tertiary/aromatic N) is 2. The third-order valence-corrected chi connectivity index (χ3v) is 6.04. The molecule has 6 nitrogen and oxygen atoms in total. The Kier molecular flexibility index (Phi) is 6.59. The van der Waals surface area contributed by atoms with Crippen LogP contribution in [-0.2, 0) is 16.1 Å². The van der Waals surface area contributed by atoms with Crippen molar-refractivity contribution in [3.63, 3.8) is 0 Å². The molecule has 0 aliphatic carbocycles. The summed E-state index contributed by atoms with van der Waals surface area (Å²) in [5.74, 6) is -0.579. The number of amides is 2. The standard InChI is InChI=1S/C18H19Cl2N3O3S/c19-14-4-3-12(8-15(14)20)23-6-5-22(17(25)11-24)10-16(23)18(26)21-9-13-2-1-7-27-13/h1-4,7-8,16,24H,5-6,9-11H2,(H,21,26)/t16-/m0/s1. The molecule has 1 saturated heterocycles. The van der Waals surface area contributed by atoms with E-state index >= 15 is 0 Å². The topological polar surface area (TPSA) is 72.9 Å². The minimum atomic E-state index is -0.591. The average Bonchev–Trinajstić information content (AvgIpc) is 3.21. The van der Waals surface area contributed by atoms with E-state index in [1.165, 1.54) is 4.90 Å². The van der Waals surface area contributed by atoms with Gasteiger partial charge in [0.05, 0.1) is 23.1 Å². The molecule has 27 heavy (non-hydrogen) atoms. The lowest BCUT2D eigenvalue weighted by molar-refractivity contribution is -0.136. The third kappa shape index (κ3) is 4.73. The van der Waals surface area contributed by atoms with E-state index in [1.807, 2.05) is 22.4 Å².